The highest BCUT2D eigenvalue weighted by Crippen LogP contribution is 2.24. The van der Waals surface area contributed by atoms with Crippen LogP contribution in [-0.4, -0.2) is 31.6 Å². The molecule has 0 spiro atoms. The van der Waals surface area contributed by atoms with Gasteiger partial charge in [-0.25, -0.2) is 9.37 Å². The lowest BCUT2D eigenvalue weighted by atomic mass is 10.1. The zero-order valence-electron chi connectivity index (χ0n) is 18.0. The molecule has 2 aromatic carbocycles. The van der Waals surface area contributed by atoms with E-state index in [2.05, 4.69) is 35.9 Å². The largest absolute Gasteiger partial charge is 0.394 e. The number of hydrogen-bond donors (Lipinski definition) is 4. The summed E-state index contributed by atoms with van der Waals surface area (Å²) in [5.74, 6) is 1.59. The van der Waals surface area contributed by atoms with Gasteiger partial charge in [0.2, 0.25) is 5.95 Å². The summed E-state index contributed by atoms with van der Waals surface area (Å²) in [6.07, 6.45) is 4.75. The third-order valence-corrected chi connectivity index (χ3v) is 4.97. The summed E-state index contributed by atoms with van der Waals surface area (Å²) in [6, 6.07) is 17.1. The first kappa shape index (κ1) is 22.1. The first-order valence-corrected chi connectivity index (χ1v) is 10.5. The van der Waals surface area contributed by atoms with Crippen molar-refractivity contribution in [3.8, 4) is 0 Å². The first-order chi connectivity index (χ1) is 16.1. The van der Waals surface area contributed by atoms with Crippen LogP contribution in [0.2, 0.25) is 0 Å². The highest BCUT2D eigenvalue weighted by atomic mass is 19.1. The Bertz CT molecular complexity index is 1160. The van der Waals surface area contributed by atoms with Gasteiger partial charge < -0.3 is 21.1 Å². The topological polar surface area (TPSA) is 108 Å². The molecule has 4 rings (SSSR count). The molecule has 4 N–H and O–H groups in total. The Kier molecular flexibility index (Phi) is 7.01. The monoisotopic (exact) mass is 445 g/mol. The van der Waals surface area contributed by atoms with Crippen molar-refractivity contribution < 1.29 is 9.50 Å². The van der Waals surface area contributed by atoms with E-state index < -0.39 is 0 Å². The summed E-state index contributed by atoms with van der Waals surface area (Å²) in [6.45, 7) is 1.82. The molecule has 2 atom stereocenters. The Labute approximate surface area is 191 Å². The quantitative estimate of drug-likeness (QED) is 0.299. The van der Waals surface area contributed by atoms with E-state index in [1.54, 1.807) is 36.8 Å². The Hall–Kier alpha value is -4.11. The summed E-state index contributed by atoms with van der Waals surface area (Å²) in [7, 11) is 0. The fourth-order valence-corrected chi connectivity index (χ4v) is 3.27. The lowest BCUT2D eigenvalue weighted by Crippen LogP contribution is -2.17. The van der Waals surface area contributed by atoms with Crippen molar-refractivity contribution in [1.29, 1.82) is 0 Å². The normalized spacial score (nSPS) is 12.6. The SMILES string of the molecule is C[C@H](Nc1nc(Nc2cnccn2)cc(N[C@H](CO)c2ccccc2)n1)c1ccc(F)cc1. The highest BCUT2D eigenvalue weighted by molar-refractivity contribution is 5.59. The molecule has 0 radical (unpaired) electrons. The summed E-state index contributed by atoms with van der Waals surface area (Å²) < 4.78 is 13.3. The van der Waals surface area contributed by atoms with Gasteiger partial charge >= 0.3 is 0 Å². The molecule has 0 aliphatic heterocycles. The fourth-order valence-electron chi connectivity index (χ4n) is 3.27. The molecule has 0 amide bonds. The summed E-state index contributed by atoms with van der Waals surface area (Å²) in [5, 5.41) is 19.6. The van der Waals surface area contributed by atoms with Gasteiger partial charge in [0, 0.05) is 18.5 Å². The molecule has 33 heavy (non-hydrogen) atoms. The number of hydrogen-bond acceptors (Lipinski definition) is 8. The van der Waals surface area contributed by atoms with Gasteiger partial charge in [-0.1, -0.05) is 42.5 Å². The van der Waals surface area contributed by atoms with Crippen LogP contribution in [0.4, 0.5) is 27.8 Å². The van der Waals surface area contributed by atoms with Crippen LogP contribution in [0.3, 0.4) is 0 Å². The van der Waals surface area contributed by atoms with E-state index in [0.717, 1.165) is 11.1 Å². The number of aromatic nitrogens is 4. The maximum atomic E-state index is 13.3. The van der Waals surface area contributed by atoms with Gasteiger partial charge in [-0.2, -0.15) is 9.97 Å². The van der Waals surface area contributed by atoms with Gasteiger partial charge in [-0.05, 0) is 30.2 Å². The molecule has 168 valence electrons. The first-order valence-electron chi connectivity index (χ1n) is 10.5. The van der Waals surface area contributed by atoms with E-state index in [0.29, 0.717) is 23.4 Å². The number of nitrogens with one attached hydrogen (secondary N) is 3. The van der Waals surface area contributed by atoms with Crippen molar-refractivity contribution in [3.63, 3.8) is 0 Å². The lowest BCUT2D eigenvalue weighted by molar-refractivity contribution is 0.276. The van der Waals surface area contributed by atoms with Crippen LogP contribution >= 0.6 is 0 Å². The predicted molar refractivity (Wildman–Crippen MR) is 126 cm³/mol. The van der Waals surface area contributed by atoms with Crippen LogP contribution in [-0.2, 0) is 0 Å². The molecule has 2 aromatic heterocycles. The number of aliphatic hydroxyl groups is 1. The molecule has 0 aliphatic rings. The van der Waals surface area contributed by atoms with Crippen LogP contribution < -0.4 is 16.0 Å². The van der Waals surface area contributed by atoms with Crippen molar-refractivity contribution in [2.45, 2.75) is 19.0 Å². The minimum atomic E-state index is -0.354. The van der Waals surface area contributed by atoms with Gasteiger partial charge in [-0.3, -0.25) is 4.98 Å². The number of aliphatic hydroxyl groups excluding tert-OH is 1. The van der Waals surface area contributed by atoms with Crippen molar-refractivity contribution in [1.82, 2.24) is 19.9 Å². The van der Waals surface area contributed by atoms with Gasteiger partial charge in [0.05, 0.1) is 24.9 Å². The van der Waals surface area contributed by atoms with Crippen LogP contribution in [0, 0.1) is 5.82 Å². The molecular formula is C24H24FN7O. The summed E-state index contributed by atoms with van der Waals surface area (Å²) in [4.78, 5) is 17.4. The standard InChI is InChI=1S/C24H24FN7O/c1-16(17-7-9-19(25)10-8-17)28-24-31-21(29-20(15-33)18-5-3-2-4-6-18)13-22(32-24)30-23-14-26-11-12-27-23/h2-14,16,20,33H,15H2,1H3,(H3,27,28,29,30,31,32)/t16-,20+/m0/s1. The Morgan fingerprint density at radius 3 is 2.33 bits per heavy atom. The molecule has 0 saturated carbocycles. The van der Waals surface area contributed by atoms with Crippen LogP contribution in [0.15, 0.2) is 79.3 Å². The number of halogens is 1. The maximum Gasteiger partial charge on any atom is 0.227 e. The number of benzene rings is 2. The fraction of sp³-hybridized carbons (Fsp3) is 0.167. The van der Waals surface area contributed by atoms with E-state index in [1.807, 2.05) is 37.3 Å². The van der Waals surface area contributed by atoms with Crippen molar-refractivity contribution in [2.75, 3.05) is 22.6 Å². The molecule has 0 bridgehead atoms. The molecule has 2 heterocycles. The second-order valence-corrected chi connectivity index (χ2v) is 7.39. The predicted octanol–water partition coefficient (Wildman–Crippen LogP) is 4.47. The van der Waals surface area contributed by atoms with Crippen molar-refractivity contribution in [3.05, 3.63) is 96.2 Å². The Morgan fingerprint density at radius 2 is 1.64 bits per heavy atom. The molecule has 8 nitrogen and oxygen atoms in total. The van der Waals surface area contributed by atoms with Crippen molar-refractivity contribution >= 4 is 23.4 Å². The summed E-state index contributed by atoms with van der Waals surface area (Å²) in [5.41, 5.74) is 1.82. The summed E-state index contributed by atoms with van der Waals surface area (Å²) >= 11 is 0. The lowest BCUT2D eigenvalue weighted by Gasteiger charge is -2.20. The van der Waals surface area contributed by atoms with E-state index in [-0.39, 0.29) is 24.5 Å². The van der Waals surface area contributed by atoms with Gasteiger partial charge in [0.1, 0.15) is 23.3 Å². The average molecular weight is 446 g/mol. The minimum absolute atomic E-state index is 0.115. The van der Waals surface area contributed by atoms with Gasteiger partial charge in [-0.15, -0.1) is 0 Å². The molecular weight excluding hydrogens is 421 g/mol. The third kappa shape index (κ3) is 5.98. The smallest absolute Gasteiger partial charge is 0.227 e. The Balaban J connectivity index is 1.61. The Morgan fingerprint density at radius 1 is 0.879 bits per heavy atom. The van der Waals surface area contributed by atoms with Crippen molar-refractivity contribution in [2.24, 2.45) is 0 Å². The van der Waals surface area contributed by atoms with Crippen LogP contribution in [0.5, 0.6) is 0 Å². The average Bonchev–Trinajstić information content (AvgIpc) is 2.84. The van der Waals surface area contributed by atoms with Crippen LogP contribution in [0.1, 0.15) is 30.1 Å². The second-order valence-electron chi connectivity index (χ2n) is 7.39. The molecule has 0 fully saturated rings. The van der Waals surface area contributed by atoms with E-state index in [1.165, 1.54) is 12.1 Å². The third-order valence-electron chi connectivity index (χ3n) is 4.97. The zero-order valence-corrected chi connectivity index (χ0v) is 18.0. The minimum Gasteiger partial charge on any atom is -0.394 e. The van der Waals surface area contributed by atoms with E-state index >= 15 is 0 Å². The maximum absolute atomic E-state index is 13.3. The highest BCUT2D eigenvalue weighted by Gasteiger charge is 2.14. The van der Waals surface area contributed by atoms with E-state index in [9.17, 15) is 9.50 Å². The molecule has 0 aliphatic carbocycles. The number of nitrogens with zero attached hydrogens (tertiary/aromatic N) is 4. The molecule has 0 saturated heterocycles. The molecule has 4 aromatic rings. The van der Waals surface area contributed by atoms with E-state index in [4.69, 9.17) is 0 Å². The number of rotatable bonds is 9. The second kappa shape index (κ2) is 10.5. The van der Waals surface area contributed by atoms with Gasteiger partial charge in [0.15, 0.2) is 0 Å². The van der Waals surface area contributed by atoms with Crippen LogP contribution in [0.25, 0.3) is 0 Å². The number of anilines is 4. The molecule has 9 heteroatoms. The van der Waals surface area contributed by atoms with Gasteiger partial charge in [0.25, 0.3) is 0 Å². The zero-order chi connectivity index (χ0) is 23.0. The molecule has 0 unspecified atom stereocenters.